The van der Waals surface area contributed by atoms with Crippen molar-refractivity contribution >= 4 is 34.0 Å². The van der Waals surface area contributed by atoms with Crippen molar-refractivity contribution in [2.75, 3.05) is 33.6 Å². The molecule has 1 N–H and O–H groups in total. The van der Waals surface area contributed by atoms with Gasteiger partial charge in [-0.15, -0.1) is 11.3 Å². The number of rotatable bonds is 7. The fraction of sp³-hybridized carbons (Fsp3) is 0.240. The van der Waals surface area contributed by atoms with Crippen LogP contribution in [0.15, 0.2) is 48.5 Å². The molecule has 0 aliphatic rings. The lowest BCUT2D eigenvalue weighted by Gasteiger charge is -2.12. The van der Waals surface area contributed by atoms with Gasteiger partial charge in [0, 0.05) is 40.9 Å². The van der Waals surface area contributed by atoms with Crippen LogP contribution in [0.25, 0.3) is 21.3 Å². The smallest absolute Gasteiger partial charge is 0.253 e. The van der Waals surface area contributed by atoms with Crippen LogP contribution in [0.2, 0.25) is 0 Å². The highest BCUT2D eigenvalue weighted by molar-refractivity contribution is 7.15. The second-order valence-corrected chi connectivity index (χ2v) is 8.91. The molecule has 0 saturated heterocycles. The third-order valence-corrected chi connectivity index (χ3v) is 6.36. The Kier molecular flexibility index (Phi) is 6.46. The maximum absolute atomic E-state index is 12.1. The van der Waals surface area contributed by atoms with E-state index in [4.69, 9.17) is 9.47 Å². The molecule has 2 aromatic carbocycles. The Balaban J connectivity index is 1.54. The molecule has 0 bridgehead atoms. The van der Waals surface area contributed by atoms with Crippen LogP contribution in [0.4, 0.5) is 5.82 Å². The summed E-state index contributed by atoms with van der Waals surface area (Å²) in [5.74, 6) is 2.70. The number of amides is 1. The molecule has 0 spiro atoms. The minimum Gasteiger partial charge on any atom is -0.493 e. The van der Waals surface area contributed by atoms with E-state index in [1.54, 1.807) is 44.6 Å². The fourth-order valence-corrected chi connectivity index (χ4v) is 4.49. The minimum atomic E-state index is -0.000704. The summed E-state index contributed by atoms with van der Waals surface area (Å²) in [6, 6.07) is 15.7. The Hall–Kier alpha value is -3.65. The van der Waals surface area contributed by atoms with Crippen LogP contribution in [0.1, 0.15) is 21.1 Å². The van der Waals surface area contributed by atoms with Crippen LogP contribution in [0.5, 0.6) is 11.5 Å². The van der Waals surface area contributed by atoms with E-state index in [2.05, 4.69) is 27.4 Å². The van der Waals surface area contributed by atoms with Gasteiger partial charge in [0.2, 0.25) is 0 Å². The van der Waals surface area contributed by atoms with Gasteiger partial charge in [-0.25, -0.2) is 9.97 Å². The normalized spacial score (nSPS) is 10.8. The van der Waals surface area contributed by atoms with Crippen LogP contribution < -0.4 is 14.8 Å². The molecule has 0 saturated carbocycles. The Morgan fingerprint density at radius 3 is 2.36 bits per heavy atom. The quantitative estimate of drug-likeness (QED) is 0.417. The maximum Gasteiger partial charge on any atom is 0.253 e. The Morgan fingerprint density at radius 2 is 1.70 bits per heavy atom. The van der Waals surface area contributed by atoms with Crippen molar-refractivity contribution in [3.63, 3.8) is 0 Å². The van der Waals surface area contributed by atoms with Crippen LogP contribution in [-0.2, 0) is 6.54 Å². The summed E-state index contributed by atoms with van der Waals surface area (Å²) >= 11 is 1.70. The molecule has 7 nitrogen and oxygen atoms in total. The number of carbonyl (C=O) groups excluding carboxylic acids is 1. The van der Waals surface area contributed by atoms with E-state index in [9.17, 15) is 4.79 Å². The molecule has 1 amide bonds. The summed E-state index contributed by atoms with van der Waals surface area (Å²) in [6.07, 6.45) is 0. The van der Waals surface area contributed by atoms with Gasteiger partial charge in [-0.05, 0) is 42.8 Å². The van der Waals surface area contributed by atoms with Crippen molar-refractivity contribution < 1.29 is 14.3 Å². The van der Waals surface area contributed by atoms with Crippen molar-refractivity contribution in [2.45, 2.75) is 13.5 Å². The molecule has 2 heterocycles. The lowest BCUT2D eigenvalue weighted by molar-refractivity contribution is 0.0827. The van der Waals surface area contributed by atoms with Gasteiger partial charge >= 0.3 is 0 Å². The zero-order valence-corrected chi connectivity index (χ0v) is 20.1. The number of aromatic nitrogens is 2. The van der Waals surface area contributed by atoms with Gasteiger partial charge in [-0.2, -0.15) is 0 Å². The monoisotopic (exact) mass is 462 g/mol. The van der Waals surface area contributed by atoms with E-state index >= 15 is 0 Å². The number of fused-ring (bicyclic) bond motifs is 1. The number of carbonyl (C=O) groups is 1. The van der Waals surface area contributed by atoms with Crippen molar-refractivity contribution in [1.82, 2.24) is 14.9 Å². The topological polar surface area (TPSA) is 76.6 Å². The van der Waals surface area contributed by atoms with Gasteiger partial charge in [-0.3, -0.25) is 4.79 Å². The van der Waals surface area contributed by atoms with Crippen LogP contribution in [0, 0.1) is 6.92 Å². The van der Waals surface area contributed by atoms with Gasteiger partial charge in [0.15, 0.2) is 11.5 Å². The molecule has 4 aromatic rings. The SMILES string of the molecule is COc1cc2nc(C)nc(NCc3ccc(-c4ccc(C(=O)N(C)C)cc4)s3)c2cc1OC. The number of hydrogen-bond acceptors (Lipinski definition) is 7. The Bertz CT molecular complexity index is 1300. The standard InChI is InChI=1S/C25H26N4O3S/c1-15-27-20-13-22(32-5)21(31-4)12-19(20)24(28-15)26-14-18-10-11-23(33-18)16-6-8-17(9-7-16)25(30)29(2)3/h6-13H,14H2,1-5H3,(H,26,27,28). The Morgan fingerprint density at radius 1 is 1.00 bits per heavy atom. The second-order valence-electron chi connectivity index (χ2n) is 7.74. The van der Waals surface area contributed by atoms with Crippen LogP contribution in [-0.4, -0.2) is 49.1 Å². The predicted octanol–water partition coefficient (Wildman–Crippen LogP) is 5.00. The van der Waals surface area contributed by atoms with Crippen molar-refractivity contribution in [1.29, 1.82) is 0 Å². The van der Waals surface area contributed by atoms with E-state index in [0.717, 1.165) is 27.2 Å². The summed E-state index contributed by atoms with van der Waals surface area (Å²) in [7, 11) is 6.73. The van der Waals surface area contributed by atoms with Crippen molar-refractivity contribution in [2.24, 2.45) is 0 Å². The van der Waals surface area contributed by atoms with Crippen molar-refractivity contribution in [3.8, 4) is 21.9 Å². The number of aryl methyl sites for hydroxylation is 1. The third-order valence-electron chi connectivity index (χ3n) is 5.23. The molecule has 0 unspecified atom stereocenters. The number of methoxy groups -OCH3 is 2. The summed E-state index contributed by atoms with van der Waals surface area (Å²) < 4.78 is 10.9. The first-order valence-electron chi connectivity index (χ1n) is 10.4. The highest BCUT2D eigenvalue weighted by atomic mass is 32.1. The predicted molar refractivity (Wildman–Crippen MR) is 132 cm³/mol. The average molecular weight is 463 g/mol. The summed E-state index contributed by atoms with van der Waals surface area (Å²) in [5, 5.41) is 4.32. The molecule has 33 heavy (non-hydrogen) atoms. The number of hydrogen-bond donors (Lipinski definition) is 1. The van der Waals surface area contributed by atoms with Gasteiger partial charge in [0.1, 0.15) is 11.6 Å². The molecule has 0 aliphatic carbocycles. The molecule has 0 atom stereocenters. The molecule has 0 fully saturated rings. The minimum absolute atomic E-state index is 0.000704. The maximum atomic E-state index is 12.1. The molecule has 2 aromatic heterocycles. The molecule has 8 heteroatoms. The average Bonchev–Trinajstić information content (AvgIpc) is 3.30. The van der Waals surface area contributed by atoms with Gasteiger partial charge in [0.05, 0.1) is 26.3 Å². The highest BCUT2D eigenvalue weighted by Gasteiger charge is 2.13. The molecular weight excluding hydrogens is 436 g/mol. The van der Waals surface area contributed by atoms with Crippen LogP contribution in [0.3, 0.4) is 0 Å². The fourth-order valence-electron chi connectivity index (χ4n) is 3.54. The number of nitrogens with one attached hydrogen (secondary N) is 1. The number of thiophene rings is 1. The highest BCUT2D eigenvalue weighted by Crippen LogP contribution is 2.34. The van der Waals surface area contributed by atoms with E-state index in [1.165, 1.54) is 4.88 Å². The number of ether oxygens (including phenoxy) is 2. The molecular formula is C25H26N4O3S. The third kappa shape index (κ3) is 4.75. The Labute approximate surface area is 197 Å². The molecule has 0 radical (unpaired) electrons. The zero-order valence-electron chi connectivity index (χ0n) is 19.3. The van der Waals surface area contributed by atoms with E-state index in [0.29, 0.717) is 29.4 Å². The molecule has 0 aliphatic heterocycles. The first-order chi connectivity index (χ1) is 15.9. The number of benzene rings is 2. The first-order valence-corrected chi connectivity index (χ1v) is 11.3. The van der Waals surface area contributed by atoms with Crippen LogP contribution >= 0.6 is 11.3 Å². The number of nitrogens with zero attached hydrogens (tertiary/aromatic N) is 3. The molecule has 170 valence electrons. The zero-order chi connectivity index (χ0) is 23.5. The van der Waals surface area contributed by atoms with Crippen molar-refractivity contribution in [3.05, 3.63) is 64.8 Å². The summed E-state index contributed by atoms with van der Waals surface area (Å²) in [6.45, 7) is 2.50. The molecule has 4 rings (SSSR count). The number of anilines is 1. The lowest BCUT2D eigenvalue weighted by Crippen LogP contribution is -2.21. The van der Waals surface area contributed by atoms with E-state index in [-0.39, 0.29) is 5.91 Å². The summed E-state index contributed by atoms with van der Waals surface area (Å²) in [5.41, 5.74) is 2.56. The van der Waals surface area contributed by atoms with E-state index < -0.39 is 0 Å². The van der Waals surface area contributed by atoms with E-state index in [1.807, 2.05) is 43.3 Å². The van der Waals surface area contributed by atoms with Gasteiger partial charge in [-0.1, -0.05) is 12.1 Å². The lowest BCUT2D eigenvalue weighted by atomic mass is 10.1. The van der Waals surface area contributed by atoms with Gasteiger partial charge in [0.25, 0.3) is 5.91 Å². The largest absolute Gasteiger partial charge is 0.493 e. The first kappa shape index (κ1) is 22.5. The summed E-state index contributed by atoms with van der Waals surface area (Å²) in [4.78, 5) is 25.1. The van der Waals surface area contributed by atoms with Gasteiger partial charge < -0.3 is 19.7 Å². The second kappa shape index (κ2) is 9.46.